The monoisotopic (exact) mass is 648 g/mol. The summed E-state index contributed by atoms with van der Waals surface area (Å²) in [5.74, 6) is 2.35. The quantitative estimate of drug-likeness (QED) is 0.223. The van der Waals surface area contributed by atoms with Crippen LogP contribution in [0.2, 0.25) is 0 Å². The highest BCUT2D eigenvalue weighted by Crippen LogP contribution is 2.43. The summed E-state index contributed by atoms with van der Waals surface area (Å²) in [4.78, 5) is 11.8. The molecule has 0 bridgehead atoms. The number of rotatable bonds is 5. The number of aromatic nitrogens is 2. The highest BCUT2D eigenvalue weighted by Gasteiger charge is 2.39. The van der Waals surface area contributed by atoms with Crippen molar-refractivity contribution < 1.29 is 9.47 Å². The maximum absolute atomic E-state index is 5.58. The van der Waals surface area contributed by atoms with Gasteiger partial charge in [-0.05, 0) is 111 Å². The van der Waals surface area contributed by atoms with Gasteiger partial charge in [0.15, 0.2) is 0 Å². The van der Waals surface area contributed by atoms with Crippen molar-refractivity contribution in [1.82, 2.24) is 20.2 Å². The number of alkyl halides is 1. The number of benzene rings is 2. The standard InChI is InChI=1S/C20H22N2O.C12H14N2.C8H9ClO/c1-23-18-6-4-16(5-7-18)15-22-13-10-20(11-14-22)9-8-17-3-2-12-21-19(17)20;1-2-10-3-4-12(11(10)14-7-1)5-8-13-9-6-12;1-10-8-4-2-7(6-9)3-5-8/h2-9,12H,10-11,13-15H2,1H3;1-4,7,13H,5-6,8-9H2;2-5H,6H2,1H3. The van der Waals surface area contributed by atoms with Gasteiger partial charge >= 0.3 is 0 Å². The fraction of sp³-hybridized carbons (Fsp3) is 0.350. The number of methoxy groups -OCH3 is 2. The Balaban J connectivity index is 0.000000137. The van der Waals surface area contributed by atoms with Gasteiger partial charge in [0.05, 0.1) is 25.6 Å². The molecule has 8 rings (SSSR count). The van der Waals surface area contributed by atoms with Gasteiger partial charge in [-0.15, -0.1) is 11.6 Å². The van der Waals surface area contributed by atoms with Gasteiger partial charge in [0.2, 0.25) is 0 Å². The summed E-state index contributed by atoms with van der Waals surface area (Å²) in [6, 6.07) is 24.5. The Hall–Kier alpha value is -3.97. The summed E-state index contributed by atoms with van der Waals surface area (Å²) in [6.45, 7) is 5.47. The molecule has 0 atom stereocenters. The first-order valence-corrected chi connectivity index (χ1v) is 17.1. The summed E-state index contributed by atoms with van der Waals surface area (Å²) < 4.78 is 10.2. The molecule has 2 spiro atoms. The van der Waals surface area contributed by atoms with Crippen molar-refractivity contribution in [2.75, 3.05) is 40.4 Å². The van der Waals surface area contributed by atoms with E-state index in [0.717, 1.165) is 62.6 Å². The zero-order valence-electron chi connectivity index (χ0n) is 27.5. The molecule has 2 aliphatic carbocycles. The molecule has 2 fully saturated rings. The SMILES string of the molecule is C1=CC2(CCNCC2)c2ncccc21.COc1ccc(CCl)cc1.COc1ccc(CN2CCC3(C=Cc4cccnc43)CC2)cc1. The minimum atomic E-state index is 0.174. The molecule has 244 valence electrons. The number of nitrogens with one attached hydrogen (secondary N) is 1. The first-order chi connectivity index (χ1) is 23.1. The maximum atomic E-state index is 5.58. The third kappa shape index (κ3) is 7.62. The average molecular weight is 649 g/mol. The summed E-state index contributed by atoms with van der Waals surface area (Å²) in [5.41, 5.74) is 8.08. The van der Waals surface area contributed by atoms with Crippen LogP contribution in [0.4, 0.5) is 0 Å². The summed E-state index contributed by atoms with van der Waals surface area (Å²) in [6.07, 6.45) is 17.7. The van der Waals surface area contributed by atoms with Crippen molar-refractivity contribution in [2.24, 2.45) is 0 Å². The molecule has 4 aromatic rings. The Labute approximate surface area is 284 Å². The molecular formula is C40H45ClN4O2. The highest BCUT2D eigenvalue weighted by molar-refractivity contribution is 6.17. The largest absolute Gasteiger partial charge is 0.497 e. The third-order valence-corrected chi connectivity index (χ3v) is 10.2. The molecule has 2 aromatic heterocycles. The van der Waals surface area contributed by atoms with Crippen molar-refractivity contribution >= 4 is 23.8 Å². The number of piperidine rings is 2. The predicted octanol–water partition coefficient (Wildman–Crippen LogP) is 7.81. The molecule has 0 saturated carbocycles. The zero-order chi connectivity index (χ0) is 32.5. The number of hydrogen-bond acceptors (Lipinski definition) is 6. The lowest BCUT2D eigenvalue weighted by molar-refractivity contribution is 0.175. The first kappa shape index (κ1) is 33.0. The van der Waals surface area contributed by atoms with Gasteiger partial charge in [0, 0.05) is 35.6 Å². The van der Waals surface area contributed by atoms with Crippen LogP contribution in [0, 0.1) is 0 Å². The van der Waals surface area contributed by atoms with E-state index in [4.69, 9.17) is 21.1 Å². The molecule has 47 heavy (non-hydrogen) atoms. The van der Waals surface area contributed by atoms with Gasteiger partial charge in [-0.2, -0.15) is 0 Å². The Morgan fingerprint density at radius 2 is 1.17 bits per heavy atom. The van der Waals surface area contributed by atoms with Crippen LogP contribution in [0.25, 0.3) is 12.2 Å². The van der Waals surface area contributed by atoms with Crippen LogP contribution < -0.4 is 14.8 Å². The lowest BCUT2D eigenvalue weighted by atomic mass is 9.77. The van der Waals surface area contributed by atoms with E-state index >= 15 is 0 Å². The van der Waals surface area contributed by atoms with Gasteiger partial charge in [-0.3, -0.25) is 14.9 Å². The number of likely N-dealkylation sites (tertiary alicyclic amines) is 1. The van der Waals surface area contributed by atoms with Gasteiger partial charge in [0.1, 0.15) is 11.5 Å². The van der Waals surface area contributed by atoms with E-state index in [1.54, 1.807) is 14.2 Å². The normalized spacial score (nSPS) is 18.0. The van der Waals surface area contributed by atoms with Gasteiger partial charge < -0.3 is 14.8 Å². The zero-order valence-corrected chi connectivity index (χ0v) is 28.3. The van der Waals surface area contributed by atoms with Crippen molar-refractivity contribution in [3.05, 3.63) is 131 Å². The topological polar surface area (TPSA) is 59.5 Å². The van der Waals surface area contributed by atoms with Crippen LogP contribution in [-0.2, 0) is 23.3 Å². The highest BCUT2D eigenvalue weighted by atomic mass is 35.5. The van der Waals surface area contributed by atoms with E-state index in [1.807, 2.05) is 60.9 Å². The van der Waals surface area contributed by atoms with Gasteiger partial charge in [0.25, 0.3) is 0 Å². The Morgan fingerprint density at radius 3 is 1.66 bits per heavy atom. The maximum Gasteiger partial charge on any atom is 0.118 e. The fourth-order valence-corrected chi connectivity index (χ4v) is 7.26. The molecule has 0 radical (unpaired) electrons. The number of pyridine rings is 2. The predicted molar refractivity (Wildman–Crippen MR) is 192 cm³/mol. The Kier molecular flexibility index (Phi) is 10.7. The number of nitrogens with zero attached hydrogens (tertiary/aromatic N) is 3. The lowest BCUT2D eigenvalue weighted by Crippen LogP contribution is -2.41. The molecule has 2 aliphatic heterocycles. The summed E-state index contributed by atoms with van der Waals surface area (Å²) in [5, 5.41) is 3.41. The molecule has 4 heterocycles. The molecule has 2 aromatic carbocycles. The smallest absolute Gasteiger partial charge is 0.118 e. The van der Waals surface area contributed by atoms with Crippen molar-refractivity contribution in [1.29, 1.82) is 0 Å². The van der Waals surface area contributed by atoms with E-state index < -0.39 is 0 Å². The molecule has 1 N–H and O–H groups in total. The molecule has 4 aliphatic rings. The van der Waals surface area contributed by atoms with Crippen molar-refractivity contribution in [3.63, 3.8) is 0 Å². The third-order valence-electron chi connectivity index (χ3n) is 9.91. The average Bonchev–Trinajstić information content (AvgIpc) is 3.68. The van der Waals surface area contributed by atoms with Crippen LogP contribution in [-0.4, -0.2) is 55.3 Å². The van der Waals surface area contributed by atoms with Crippen LogP contribution in [0.5, 0.6) is 11.5 Å². The number of halogens is 1. The molecule has 6 nitrogen and oxygen atoms in total. The second-order valence-electron chi connectivity index (χ2n) is 12.7. The van der Waals surface area contributed by atoms with Crippen molar-refractivity contribution in [3.8, 4) is 11.5 Å². The van der Waals surface area contributed by atoms with Crippen LogP contribution in [0.1, 0.15) is 59.3 Å². The van der Waals surface area contributed by atoms with E-state index in [2.05, 4.69) is 68.8 Å². The van der Waals surface area contributed by atoms with Crippen LogP contribution in [0.3, 0.4) is 0 Å². The lowest BCUT2D eigenvalue weighted by Gasteiger charge is -2.38. The minimum absolute atomic E-state index is 0.174. The van der Waals surface area contributed by atoms with Crippen LogP contribution in [0.15, 0.2) is 97.3 Å². The minimum Gasteiger partial charge on any atom is -0.497 e. The van der Waals surface area contributed by atoms with E-state index in [9.17, 15) is 0 Å². The number of fused-ring (bicyclic) bond motifs is 4. The first-order valence-electron chi connectivity index (χ1n) is 16.6. The Bertz CT molecular complexity index is 1630. The van der Waals surface area contributed by atoms with E-state index in [1.165, 1.54) is 40.9 Å². The molecule has 7 heteroatoms. The number of allylic oxidation sites excluding steroid dienone is 2. The van der Waals surface area contributed by atoms with Crippen LogP contribution >= 0.6 is 11.6 Å². The van der Waals surface area contributed by atoms with Gasteiger partial charge in [-0.1, -0.05) is 60.7 Å². The Morgan fingerprint density at radius 1 is 0.681 bits per heavy atom. The second-order valence-corrected chi connectivity index (χ2v) is 13.0. The summed E-state index contributed by atoms with van der Waals surface area (Å²) >= 11 is 5.58. The second kappa shape index (κ2) is 15.3. The molecule has 0 amide bonds. The number of ether oxygens (including phenoxy) is 2. The van der Waals surface area contributed by atoms with E-state index in [0.29, 0.717) is 5.88 Å². The van der Waals surface area contributed by atoms with Gasteiger partial charge in [-0.25, -0.2) is 0 Å². The number of hydrogen-bond donors (Lipinski definition) is 1. The fourth-order valence-electron chi connectivity index (χ4n) is 7.09. The van der Waals surface area contributed by atoms with E-state index in [-0.39, 0.29) is 10.8 Å². The summed E-state index contributed by atoms with van der Waals surface area (Å²) in [7, 11) is 3.36. The molecule has 2 saturated heterocycles. The van der Waals surface area contributed by atoms with Crippen molar-refractivity contribution in [2.45, 2.75) is 48.9 Å². The molecular weight excluding hydrogens is 604 g/mol. The molecule has 0 unspecified atom stereocenters.